The first-order valence-electron chi connectivity index (χ1n) is 8.47. The van der Waals surface area contributed by atoms with Crippen LogP contribution in [0.5, 0.6) is 0 Å². The Hall–Kier alpha value is -2.57. The van der Waals surface area contributed by atoms with Crippen molar-refractivity contribution in [2.24, 2.45) is 0 Å². The van der Waals surface area contributed by atoms with Crippen LogP contribution >= 0.6 is 11.3 Å². The van der Waals surface area contributed by atoms with Crippen molar-refractivity contribution in [1.82, 2.24) is 19.8 Å². The number of amides is 1. The quantitative estimate of drug-likeness (QED) is 0.643. The molecular weight excluding hydrogens is 344 g/mol. The van der Waals surface area contributed by atoms with E-state index in [1.165, 1.54) is 11.3 Å². The van der Waals surface area contributed by atoms with Gasteiger partial charge in [0.2, 0.25) is 0 Å². The summed E-state index contributed by atoms with van der Waals surface area (Å²) in [5.74, 6) is -0.0471. The van der Waals surface area contributed by atoms with Gasteiger partial charge in [0.25, 0.3) is 5.91 Å². The predicted octanol–water partition coefficient (Wildman–Crippen LogP) is 3.41. The fourth-order valence-corrected chi connectivity index (χ4v) is 3.33. The van der Waals surface area contributed by atoms with Gasteiger partial charge in [-0.1, -0.05) is 36.4 Å². The van der Waals surface area contributed by atoms with Crippen LogP contribution in [0.4, 0.5) is 0 Å². The van der Waals surface area contributed by atoms with Gasteiger partial charge in [-0.3, -0.25) is 9.78 Å². The Labute approximate surface area is 157 Å². The maximum Gasteiger partial charge on any atom is 0.273 e. The Kier molecular flexibility index (Phi) is 6.09. The van der Waals surface area contributed by atoms with Gasteiger partial charge >= 0.3 is 0 Å². The highest BCUT2D eigenvalue weighted by Gasteiger charge is 2.19. The van der Waals surface area contributed by atoms with Gasteiger partial charge < -0.3 is 9.80 Å². The third-order valence-corrected chi connectivity index (χ3v) is 4.84. The number of hydrogen-bond acceptors (Lipinski definition) is 5. The molecule has 0 aliphatic carbocycles. The maximum atomic E-state index is 13.0. The van der Waals surface area contributed by atoms with Crippen LogP contribution in [-0.4, -0.2) is 52.9 Å². The van der Waals surface area contributed by atoms with Gasteiger partial charge in [-0.15, -0.1) is 11.3 Å². The first-order chi connectivity index (χ1) is 12.6. The van der Waals surface area contributed by atoms with Crippen LogP contribution in [0.15, 0.2) is 60.2 Å². The van der Waals surface area contributed by atoms with Crippen molar-refractivity contribution in [3.63, 3.8) is 0 Å². The van der Waals surface area contributed by atoms with Crippen molar-refractivity contribution in [3.05, 3.63) is 71.5 Å². The molecule has 3 aromatic rings. The van der Waals surface area contributed by atoms with E-state index < -0.39 is 0 Å². The molecule has 0 N–H and O–H groups in total. The summed E-state index contributed by atoms with van der Waals surface area (Å²) in [6, 6.07) is 13.8. The molecule has 0 bridgehead atoms. The van der Waals surface area contributed by atoms with E-state index in [1.54, 1.807) is 12.4 Å². The number of nitrogens with zero attached hydrogens (tertiary/aromatic N) is 4. The van der Waals surface area contributed by atoms with Crippen molar-refractivity contribution in [3.8, 4) is 10.6 Å². The van der Waals surface area contributed by atoms with Crippen molar-refractivity contribution in [1.29, 1.82) is 0 Å². The molecule has 5 nitrogen and oxygen atoms in total. The van der Waals surface area contributed by atoms with Gasteiger partial charge in [-0.2, -0.15) is 0 Å². The lowest BCUT2D eigenvalue weighted by molar-refractivity contribution is 0.0727. The van der Waals surface area contributed by atoms with Crippen molar-refractivity contribution >= 4 is 17.2 Å². The zero-order valence-electron chi connectivity index (χ0n) is 15.0. The van der Waals surface area contributed by atoms with E-state index >= 15 is 0 Å². The number of carbonyl (C=O) groups excluding carboxylic acids is 1. The Morgan fingerprint density at radius 2 is 1.88 bits per heavy atom. The van der Waals surface area contributed by atoms with Crippen LogP contribution in [0.2, 0.25) is 0 Å². The highest BCUT2D eigenvalue weighted by molar-refractivity contribution is 7.13. The molecule has 0 fully saturated rings. The van der Waals surface area contributed by atoms with Gasteiger partial charge in [0.15, 0.2) is 0 Å². The molecule has 2 aromatic heterocycles. The van der Waals surface area contributed by atoms with Crippen molar-refractivity contribution in [2.45, 2.75) is 6.54 Å². The number of benzene rings is 1. The van der Waals surface area contributed by atoms with E-state index in [-0.39, 0.29) is 5.91 Å². The van der Waals surface area contributed by atoms with Crippen molar-refractivity contribution in [2.75, 3.05) is 27.2 Å². The van der Waals surface area contributed by atoms with Crippen LogP contribution in [0.25, 0.3) is 10.6 Å². The molecule has 0 aliphatic rings. The SMILES string of the molecule is CN(C)CCN(Cc1cccnc1)C(=O)c1csc(-c2ccccc2)n1. The Bertz CT molecular complexity index is 833. The maximum absolute atomic E-state index is 13.0. The second kappa shape index (κ2) is 8.69. The number of carbonyl (C=O) groups is 1. The highest BCUT2D eigenvalue weighted by Crippen LogP contribution is 2.24. The van der Waals surface area contributed by atoms with Gasteiger partial charge in [0.05, 0.1) is 0 Å². The van der Waals surface area contributed by atoms with E-state index in [0.29, 0.717) is 18.8 Å². The minimum Gasteiger partial charge on any atom is -0.332 e. The molecule has 0 unspecified atom stereocenters. The molecule has 6 heteroatoms. The average Bonchev–Trinajstić information content (AvgIpc) is 3.16. The van der Waals surface area contributed by atoms with Crippen LogP contribution in [0.1, 0.15) is 16.1 Å². The third kappa shape index (κ3) is 4.74. The Morgan fingerprint density at radius 1 is 1.08 bits per heavy atom. The fraction of sp³-hybridized carbons (Fsp3) is 0.250. The van der Waals surface area contributed by atoms with Gasteiger partial charge in [-0.25, -0.2) is 4.98 Å². The molecule has 134 valence electrons. The zero-order chi connectivity index (χ0) is 18.4. The molecule has 0 aliphatic heterocycles. The largest absolute Gasteiger partial charge is 0.332 e. The average molecular weight is 366 g/mol. The van der Waals surface area contributed by atoms with Crippen LogP contribution < -0.4 is 0 Å². The van der Waals surface area contributed by atoms with E-state index in [1.807, 2.05) is 66.8 Å². The van der Waals surface area contributed by atoms with Gasteiger partial charge in [0, 0.05) is 43.0 Å². The lowest BCUT2D eigenvalue weighted by atomic mass is 10.2. The van der Waals surface area contributed by atoms with E-state index in [4.69, 9.17) is 0 Å². The number of thiazole rings is 1. The summed E-state index contributed by atoms with van der Waals surface area (Å²) in [5.41, 5.74) is 2.54. The molecule has 1 aromatic carbocycles. The molecule has 0 atom stereocenters. The summed E-state index contributed by atoms with van der Waals surface area (Å²) < 4.78 is 0. The molecule has 26 heavy (non-hydrogen) atoms. The second-order valence-electron chi connectivity index (χ2n) is 6.30. The minimum atomic E-state index is -0.0471. The fourth-order valence-electron chi connectivity index (χ4n) is 2.53. The molecule has 2 heterocycles. The van der Waals surface area contributed by atoms with E-state index in [0.717, 1.165) is 22.7 Å². The highest BCUT2D eigenvalue weighted by atomic mass is 32.1. The summed E-state index contributed by atoms with van der Waals surface area (Å²) in [4.78, 5) is 25.7. The predicted molar refractivity (Wildman–Crippen MR) is 105 cm³/mol. The first kappa shape index (κ1) is 18.2. The van der Waals surface area contributed by atoms with E-state index in [2.05, 4.69) is 14.9 Å². The zero-order valence-corrected chi connectivity index (χ0v) is 15.8. The topological polar surface area (TPSA) is 49.3 Å². The number of pyridine rings is 1. The molecule has 0 radical (unpaired) electrons. The summed E-state index contributed by atoms with van der Waals surface area (Å²) in [6.45, 7) is 1.96. The van der Waals surface area contributed by atoms with Crippen LogP contribution in [-0.2, 0) is 6.54 Å². The summed E-state index contributed by atoms with van der Waals surface area (Å²) in [5, 5.41) is 2.71. The standard InChI is InChI=1S/C20H22N4OS/c1-23(2)11-12-24(14-16-7-6-10-21-13-16)20(25)18-15-26-19(22-18)17-8-4-3-5-9-17/h3-10,13,15H,11-12,14H2,1-2H3. The summed E-state index contributed by atoms with van der Waals surface area (Å²) in [6.07, 6.45) is 3.54. The molecule has 0 saturated heterocycles. The first-order valence-corrected chi connectivity index (χ1v) is 9.35. The third-order valence-electron chi connectivity index (χ3n) is 3.94. The Morgan fingerprint density at radius 3 is 2.58 bits per heavy atom. The van der Waals surface area contributed by atoms with Gasteiger partial charge in [-0.05, 0) is 25.7 Å². The summed E-state index contributed by atoms with van der Waals surface area (Å²) in [7, 11) is 4.01. The molecule has 3 rings (SSSR count). The number of aromatic nitrogens is 2. The monoisotopic (exact) mass is 366 g/mol. The van der Waals surface area contributed by atoms with Crippen LogP contribution in [0, 0.1) is 0 Å². The molecule has 1 amide bonds. The number of hydrogen-bond donors (Lipinski definition) is 0. The normalized spacial score (nSPS) is 10.9. The molecule has 0 spiro atoms. The lowest BCUT2D eigenvalue weighted by Gasteiger charge is -2.23. The van der Waals surface area contributed by atoms with Gasteiger partial charge in [0.1, 0.15) is 10.7 Å². The molecular formula is C20H22N4OS. The minimum absolute atomic E-state index is 0.0471. The lowest BCUT2D eigenvalue weighted by Crippen LogP contribution is -2.36. The Balaban J connectivity index is 1.79. The second-order valence-corrected chi connectivity index (χ2v) is 7.15. The van der Waals surface area contributed by atoms with Crippen molar-refractivity contribution < 1.29 is 4.79 Å². The smallest absolute Gasteiger partial charge is 0.273 e. The number of rotatable bonds is 7. The summed E-state index contributed by atoms with van der Waals surface area (Å²) >= 11 is 1.50. The number of likely N-dealkylation sites (N-methyl/N-ethyl adjacent to an activating group) is 1. The van der Waals surface area contributed by atoms with Crippen LogP contribution in [0.3, 0.4) is 0 Å². The van der Waals surface area contributed by atoms with E-state index in [9.17, 15) is 4.79 Å². The molecule has 0 saturated carbocycles.